The van der Waals surface area contributed by atoms with E-state index in [9.17, 15) is 19.6 Å². The molecule has 226 valence electrons. The number of benzene rings is 1. The van der Waals surface area contributed by atoms with Crippen LogP contribution in [0.2, 0.25) is 0 Å². The van der Waals surface area contributed by atoms with Gasteiger partial charge in [0.05, 0.1) is 48.6 Å². The first-order valence-electron chi connectivity index (χ1n) is 14.8. The molecule has 12 nitrogen and oxygen atoms in total. The molecule has 44 heavy (non-hydrogen) atoms. The number of piperidine rings is 1. The molecule has 4 aromatic rings. The predicted molar refractivity (Wildman–Crippen MR) is 167 cm³/mol. The van der Waals surface area contributed by atoms with Crippen LogP contribution in [0.5, 0.6) is 0 Å². The number of hydrogen-bond acceptors (Lipinski definition) is 8. The van der Waals surface area contributed by atoms with Crippen molar-refractivity contribution in [3.8, 4) is 17.9 Å². The number of anilines is 1. The lowest BCUT2D eigenvalue weighted by molar-refractivity contribution is 0.0304. The van der Waals surface area contributed by atoms with E-state index in [1.807, 2.05) is 29.2 Å². The SMILES string of the molecule is CC#CCn1c(N2CCC[C@@H](N)C2)c(C(=O)N2CCOCC2)c2c1c(=O)n(Cc1nc3ccccc3cc1C#N)c(=O)n2C. The van der Waals surface area contributed by atoms with E-state index in [4.69, 9.17) is 10.5 Å². The van der Waals surface area contributed by atoms with Crippen LogP contribution in [0.15, 0.2) is 39.9 Å². The van der Waals surface area contributed by atoms with E-state index in [-0.39, 0.29) is 41.6 Å². The summed E-state index contributed by atoms with van der Waals surface area (Å²) in [4.78, 5) is 51.1. The minimum Gasteiger partial charge on any atom is -0.378 e. The van der Waals surface area contributed by atoms with Gasteiger partial charge in [0.1, 0.15) is 23.0 Å². The first kappa shape index (κ1) is 29.2. The van der Waals surface area contributed by atoms with Gasteiger partial charge >= 0.3 is 5.69 Å². The summed E-state index contributed by atoms with van der Waals surface area (Å²) in [6.07, 6.45) is 1.67. The summed E-state index contributed by atoms with van der Waals surface area (Å²) >= 11 is 0. The van der Waals surface area contributed by atoms with Crippen LogP contribution in [-0.4, -0.2) is 74.9 Å². The summed E-state index contributed by atoms with van der Waals surface area (Å²) in [6.45, 7) is 4.37. The van der Waals surface area contributed by atoms with E-state index >= 15 is 0 Å². The zero-order valence-electron chi connectivity index (χ0n) is 24.9. The van der Waals surface area contributed by atoms with Gasteiger partial charge in [0.25, 0.3) is 11.5 Å². The molecule has 2 fully saturated rings. The Labute approximate surface area is 253 Å². The minimum atomic E-state index is -0.613. The number of rotatable bonds is 5. The first-order valence-corrected chi connectivity index (χ1v) is 14.8. The lowest BCUT2D eigenvalue weighted by Gasteiger charge is -2.34. The normalized spacial score (nSPS) is 17.0. The van der Waals surface area contributed by atoms with Gasteiger partial charge in [-0.05, 0) is 31.9 Å². The van der Waals surface area contributed by atoms with Crippen LogP contribution in [0.1, 0.15) is 41.4 Å². The highest BCUT2D eigenvalue weighted by Crippen LogP contribution is 2.34. The number of hydrogen-bond donors (Lipinski definition) is 1. The number of ether oxygens (including phenoxy) is 1. The summed E-state index contributed by atoms with van der Waals surface area (Å²) in [5.41, 5.74) is 7.17. The third-order valence-electron chi connectivity index (χ3n) is 8.43. The van der Waals surface area contributed by atoms with Crippen molar-refractivity contribution in [2.24, 2.45) is 12.8 Å². The van der Waals surface area contributed by atoms with Crippen molar-refractivity contribution in [3.05, 3.63) is 68.0 Å². The van der Waals surface area contributed by atoms with E-state index in [0.717, 1.165) is 22.8 Å². The summed E-state index contributed by atoms with van der Waals surface area (Å²) in [6, 6.07) is 11.1. The van der Waals surface area contributed by atoms with Crippen molar-refractivity contribution in [3.63, 3.8) is 0 Å². The van der Waals surface area contributed by atoms with Crippen LogP contribution in [0.3, 0.4) is 0 Å². The topological polar surface area (TPSA) is 144 Å². The largest absolute Gasteiger partial charge is 0.378 e. The lowest BCUT2D eigenvalue weighted by atomic mass is 10.1. The number of morpholine rings is 1. The molecule has 0 saturated carbocycles. The van der Waals surface area contributed by atoms with Gasteiger partial charge in [0.2, 0.25) is 0 Å². The number of amides is 1. The average molecular weight is 595 g/mol. The Morgan fingerprint density at radius 2 is 1.91 bits per heavy atom. The van der Waals surface area contributed by atoms with Gasteiger partial charge in [-0.25, -0.2) is 9.78 Å². The Hall–Kier alpha value is -4.91. The van der Waals surface area contributed by atoms with Gasteiger partial charge < -0.3 is 24.8 Å². The van der Waals surface area contributed by atoms with Crippen LogP contribution < -0.4 is 21.9 Å². The monoisotopic (exact) mass is 594 g/mol. The first-order chi connectivity index (χ1) is 21.3. The number of carbonyl (C=O) groups excluding carboxylic acids is 1. The molecule has 0 aliphatic carbocycles. The highest BCUT2D eigenvalue weighted by atomic mass is 16.5. The minimum absolute atomic E-state index is 0.109. The molecule has 0 unspecified atom stereocenters. The van der Waals surface area contributed by atoms with Crippen molar-refractivity contribution in [2.45, 2.75) is 38.9 Å². The lowest BCUT2D eigenvalue weighted by Crippen LogP contribution is -2.45. The van der Waals surface area contributed by atoms with Crippen molar-refractivity contribution >= 4 is 33.7 Å². The zero-order valence-corrected chi connectivity index (χ0v) is 24.9. The maximum absolute atomic E-state index is 14.4. The number of aromatic nitrogens is 4. The number of fused-ring (bicyclic) bond motifs is 2. The Morgan fingerprint density at radius 1 is 1.14 bits per heavy atom. The number of nitrogens with zero attached hydrogens (tertiary/aromatic N) is 7. The quantitative estimate of drug-likeness (QED) is 0.342. The third-order valence-corrected chi connectivity index (χ3v) is 8.43. The zero-order chi connectivity index (χ0) is 31.0. The second kappa shape index (κ2) is 12.0. The molecule has 0 spiro atoms. The molecule has 12 heteroatoms. The van der Waals surface area contributed by atoms with E-state index < -0.39 is 11.2 Å². The number of carbonyl (C=O) groups is 1. The molecule has 0 bridgehead atoms. The molecule has 5 heterocycles. The summed E-state index contributed by atoms with van der Waals surface area (Å²) in [7, 11) is 1.57. The second-order valence-corrected chi connectivity index (χ2v) is 11.2. The van der Waals surface area contributed by atoms with Gasteiger partial charge in [-0.2, -0.15) is 5.26 Å². The summed E-state index contributed by atoms with van der Waals surface area (Å²) in [5, 5.41) is 10.7. The fraction of sp³-hybridized carbons (Fsp3) is 0.406. The van der Waals surface area contributed by atoms with Crippen LogP contribution in [0, 0.1) is 23.2 Å². The number of nitrogens with two attached hydrogens (primary N) is 1. The van der Waals surface area contributed by atoms with Gasteiger partial charge in [-0.3, -0.25) is 18.7 Å². The fourth-order valence-corrected chi connectivity index (χ4v) is 6.25. The van der Waals surface area contributed by atoms with Crippen LogP contribution >= 0.6 is 0 Å². The van der Waals surface area contributed by atoms with Crippen molar-refractivity contribution in [1.29, 1.82) is 5.26 Å². The van der Waals surface area contributed by atoms with Gasteiger partial charge in [0.15, 0.2) is 0 Å². The molecule has 1 aromatic carbocycles. The van der Waals surface area contributed by atoms with E-state index in [1.165, 1.54) is 4.57 Å². The molecule has 0 radical (unpaired) electrons. The number of nitriles is 1. The standard InChI is InChI=1S/C32H34N8O4/c1-3-4-12-39-28-27(26(30(41)37-13-15-44-16-14-37)29(39)38-11-7-9-23(34)19-38)36(2)32(43)40(31(28)42)20-25-22(18-33)17-21-8-5-6-10-24(21)35-25/h5-6,8,10,17,23H,7,9,11-16,19-20,34H2,1-2H3/t23-/m1/s1. The Balaban J connectivity index is 1.63. The second-order valence-electron chi connectivity index (χ2n) is 11.2. The molecular formula is C32H34N8O4. The van der Waals surface area contributed by atoms with Crippen molar-refractivity contribution < 1.29 is 9.53 Å². The molecule has 6 rings (SSSR count). The number of aryl methyl sites for hydroxylation is 1. The van der Waals surface area contributed by atoms with E-state index in [1.54, 1.807) is 29.5 Å². The number of pyridine rings is 1. The summed E-state index contributed by atoms with van der Waals surface area (Å²) in [5.74, 6) is 6.24. The molecule has 1 amide bonds. The molecule has 2 N–H and O–H groups in total. The molecular weight excluding hydrogens is 560 g/mol. The average Bonchev–Trinajstić information content (AvgIpc) is 3.39. The molecule has 2 aliphatic rings. The summed E-state index contributed by atoms with van der Waals surface area (Å²) < 4.78 is 9.70. The fourth-order valence-electron chi connectivity index (χ4n) is 6.25. The maximum atomic E-state index is 14.4. The Morgan fingerprint density at radius 3 is 2.64 bits per heavy atom. The highest BCUT2D eigenvalue weighted by Gasteiger charge is 2.35. The van der Waals surface area contributed by atoms with E-state index in [0.29, 0.717) is 62.0 Å². The van der Waals surface area contributed by atoms with Gasteiger partial charge in [-0.15, -0.1) is 5.92 Å². The van der Waals surface area contributed by atoms with Gasteiger partial charge in [0, 0.05) is 44.7 Å². The van der Waals surface area contributed by atoms with Crippen molar-refractivity contribution in [1.82, 2.24) is 23.6 Å². The van der Waals surface area contributed by atoms with Gasteiger partial charge in [-0.1, -0.05) is 24.1 Å². The predicted octanol–water partition coefficient (Wildman–Crippen LogP) is 1.39. The molecule has 2 saturated heterocycles. The Kier molecular flexibility index (Phi) is 7.95. The van der Waals surface area contributed by atoms with Crippen LogP contribution in [-0.2, 0) is 24.9 Å². The smallest absolute Gasteiger partial charge is 0.331 e. The molecule has 3 aromatic heterocycles. The maximum Gasteiger partial charge on any atom is 0.331 e. The van der Waals surface area contributed by atoms with E-state index in [2.05, 4.69) is 22.9 Å². The van der Waals surface area contributed by atoms with Crippen LogP contribution in [0.25, 0.3) is 21.9 Å². The number of para-hydroxylation sites is 1. The van der Waals surface area contributed by atoms with Crippen molar-refractivity contribution in [2.75, 3.05) is 44.3 Å². The molecule has 2 aliphatic heterocycles. The third kappa shape index (κ3) is 5.02. The molecule has 1 atom stereocenters. The highest BCUT2D eigenvalue weighted by molar-refractivity contribution is 6.11. The Bertz CT molecular complexity index is 2000. The van der Waals surface area contributed by atoms with Crippen LogP contribution in [0.4, 0.5) is 5.82 Å².